The molecule has 3 aromatic carbocycles. The summed E-state index contributed by atoms with van der Waals surface area (Å²) in [4.78, 5) is 11.7. The zero-order valence-electron chi connectivity index (χ0n) is 17.5. The fourth-order valence-corrected chi connectivity index (χ4v) is 4.62. The van der Waals surface area contributed by atoms with Gasteiger partial charge in [0, 0.05) is 5.39 Å². The van der Waals surface area contributed by atoms with Crippen LogP contribution >= 0.6 is 0 Å². The summed E-state index contributed by atoms with van der Waals surface area (Å²) < 4.78 is 70.5. The van der Waals surface area contributed by atoms with Crippen molar-refractivity contribution in [2.45, 2.75) is 16.7 Å². The van der Waals surface area contributed by atoms with Gasteiger partial charge in [-0.15, -0.1) is 10.2 Å². The molecule has 0 aliphatic carbocycles. The molecule has 4 rings (SSSR count). The molecule has 4 aromatic rings. The number of nitrogens with one attached hydrogen (secondary N) is 1. The summed E-state index contributed by atoms with van der Waals surface area (Å²) >= 11 is 0. The maximum absolute atomic E-state index is 12.8. The normalized spacial score (nSPS) is 12.2. The molecule has 0 saturated carbocycles. The minimum Gasteiger partial charge on any atom is -0.744 e. The van der Waals surface area contributed by atoms with Crippen molar-refractivity contribution >= 4 is 80.1 Å². The first-order valence-corrected chi connectivity index (χ1v) is 12.1. The first kappa shape index (κ1) is 26.2. The maximum Gasteiger partial charge on any atom is 2.00 e. The third-order valence-corrected chi connectivity index (χ3v) is 6.53. The predicted octanol–water partition coefficient (Wildman–Crippen LogP) is 2.47. The Morgan fingerprint density at radius 3 is 2.26 bits per heavy atom. The minimum atomic E-state index is -4.92. The second-order valence-corrected chi connectivity index (χ2v) is 9.66. The summed E-state index contributed by atoms with van der Waals surface area (Å²) in [5, 5.41) is 11.1. The van der Waals surface area contributed by atoms with E-state index >= 15 is 0 Å². The summed E-state index contributed by atoms with van der Waals surface area (Å²) in [6.45, 7) is 1.49. The quantitative estimate of drug-likeness (QED) is 0.236. The maximum atomic E-state index is 12.8. The van der Waals surface area contributed by atoms with Gasteiger partial charge in [0.1, 0.15) is 25.9 Å². The van der Waals surface area contributed by atoms with Crippen LogP contribution in [0.15, 0.2) is 85.5 Å². The number of H-pyrrole nitrogens is 1. The second-order valence-electron chi connectivity index (χ2n) is 6.97. The fourth-order valence-electron chi connectivity index (χ4n) is 3.29. The first-order valence-electron chi connectivity index (χ1n) is 9.24. The molecule has 0 unspecified atom stereocenters. The molecular weight excluding hydrogens is 512 g/mol. The Kier molecular flexibility index (Phi) is 7.48. The van der Waals surface area contributed by atoms with Gasteiger partial charge in [-0.1, -0.05) is 36.4 Å². The number of hydrogen-bond acceptors (Lipinski definition) is 9. The Morgan fingerprint density at radius 1 is 0.882 bits per heavy atom. The van der Waals surface area contributed by atoms with Crippen molar-refractivity contribution in [1.82, 2.24) is 9.78 Å². The van der Waals surface area contributed by atoms with E-state index in [9.17, 15) is 30.7 Å². The van der Waals surface area contributed by atoms with Crippen LogP contribution in [-0.2, 0) is 20.2 Å². The number of rotatable bonds is 5. The monoisotopic (exact) mass is 526 g/mol. The Hall–Kier alpha value is -2.39. The van der Waals surface area contributed by atoms with Gasteiger partial charge in [-0.3, -0.25) is 9.89 Å². The van der Waals surface area contributed by atoms with Crippen LogP contribution in [0.3, 0.4) is 0 Å². The fraction of sp³-hybridized carbons (Fsp3) is 0.0500. The van der Waals surface area contributed by atoms with Gasteiger partial charge in [-0.05, 0) is 36.6 Å². The van der Waals surface area contributed by atoms with Crippen molar-refractivity contribution in [2.24, 2.45) is 10.2 Å². The molecule has 14 heteroatoms. The predicted molar refractivity (Wildman–Crippen MR) is 121 cm³/mol. The van der Waals surface area contributed by atoms with E-state index in [2.05, 4.69) is 15.3 Å². The topological polar surface area (TPSA) is 177 Å². The second kappa shape index (κ2) is 9.70. The van der Waals surface area contributed by atoms with Crippen LogP contribution in [0.1, 0.15) is 5.69 Å². The number of hydrogen-bond donors (Lipinski definition) is 1. The number of nitrogens with zero attached hydrogens (tertiary/aromatic N) is 3. The average Bonchev–Trinajstić information content (AvgIpc) is 3.04. The van der Waals surface area contributed by atoms with Crippen molar-refractivity contribution in [2.75, 3.05) is 0 Å². The van der Waals surface area contributed by atoms with Gasteiger partial charge in [0.05, 0.1) is 21.2 Å². The Morgan fingerprint density at radius 2 is 1.59 bits per heavy atom. The summed E-state index contributed by atoms with van der Waals surface area (Å²) in [6.07, 6.45) is 0. The van der Waals surface area contributed by atoms with Gasteiger partial charge in [0.25, 0.3) is 5.56 Å². The van der Waals surface area contributed by atoms with Gasteiger partial charge in [-0.2, -0.15) is 0 Å². The number of benzene rings is 3. The zero-order valence-corrected chi connectivity index (χ0v) is 21.3. The number of aryl methyl sites for hydroxylation is 1. The van der Waals surface area contributed by atoms with Gasteiger partial charge >= 0.3 is 37.7 Å². The summed E-state index contributed by atoms with van der Waals surface area (Å²) in [5.41, 5.74) is -0.882. The molecule has 0 radical (unpaired) electrons. The number of azo groups is 1. The van der Waals surface area contributed by atoms with Crippen LogP contribution in [-0.4, -0.2) is 73.5 Å². The Balaban J connectivity index is 0.00000324. The van der Waals surface area contributed by atoms with Gasteiger partial charge in [0.2, 0.25) is 0 Å². The molecule has 0 atom stereocenters. The molecule has 0 saturated heterocycles. The Labute approximate surface area is 223 Å². The van der Waals surface area contributed by atoms with Crippen molar-refractivity contribution in [3.8, 4) is 5.69 Å². The van der Waals surface area contributed by atoms with Crippen LogP contribution in [0.25, 0.3) is 16.5 Å². The van der Waals surface area contributed by atoms with Gasteiger partial charge < -0.3 is 9.11 Å². The van der Waals surface area contributed by atoms with Crippen LogP contribution in [0, 0.1) is 6.92 Å². The van der Waals surface area contributed by atoms with E-state index in [1.807, 2.05) is 0 Å². The number of fused-ring (bicyclic) bond motifs is 1. The average molecular weight is 527 g/mol. The van der Waals surface area contributed by atoms with Crippen molar-refractivity contribution in [3.05, 3.63) is 76.7 Å². The molecule has 0 bridgehead atoms. The third-order valence-electron chi connectivity index (χ3n) is 4.77. The number of aromatic amines is 1. The molecule has 0 spiro atoms. The smallest absolute Gasteiger partial charge is 0.744 e. The van der Waals surface area contributed by atoms with E-state index in [1.54, 1.807) is 24.3 Å². The minimum absolute atomic E-state index is 0. The van der Waals surface area contributed by atoms with Gasteiger partial charge in [0.15, 0.2) is 5.69 Å². The molecule has 1 heterocycles. The van der Waals surface area contributed by atoms with Crippen LogP contribution in [0.2, 0.25) is 0 Å². The van der Waals surface area contributed by atoms with E-state index < -0.39 is 35.6 Å². The van der Waals surface area contributed by atoms with E-state index in [0.29, 0.717) is 5.39 Å². The first-order chi connectivity index (χ1) is 15.5. The van der Waals surface area contributed by atoms with Crippen molar-refractivity contribution < 1.29 is 25.9 Å². The van der Waals surface area contributed by atoms with E-state index in [4.69, 9.17) is 0 Å². The van der Waals surface area contributed by atoms with Crippen LogP contribution in [0.4, 0.5) is 11.4 Å². The largest absolute Gasteiger partial charge is 2.00 e. The molecule has 1 aromatic heterocycles. The zero-order chi connectivity index (χ0) is 24.0. The van der Waals surface area contributed by atoms with E-state index in [-0.39, 0.29) is 65.9 Å². The van der Waals surface area contributed by atoms with Crippen molar-refractivity contribution in [1.29, 1.82) is 0 Å². The third kappa shape index (κ3) is 5.15. The molecule has 1 N–H and O–H groups in total. The summed E-state index contributed by atoms with van der Waals surface area (Å²) in [7, 11) is -9.66. The van der Waals surface area contributed by atoms with E-state index in [1.165, 1.54) is 31.2 Å². The SMILES string of the molecule is Cc1[nH]n(-c2cccc(S(=O)(=O)[O-])c2)c(=O)c1N=Nc1ccc2ccccc2c1S(=O)(=O)[O-].[Ca+2]. The Bertz CT molecular complexity index is 1710. The number of aromatic nitrogens is 2. The molecule has 0 fully saturated rings. The molecule has 0 aliphatic heterocycles. The van der Waals surface area contributed by atoms with Crippen LogP contribution < -0.4 is 5.56 Å². The molecule has 170 valence electrons. The molecule has 0 amide bonds. The molecular formula is C20H14CaN4O7S2. The summed E-state index contributed by atoms with van der Waals surface area (Å²) in [5.74, 6) is 0. The van der Waals surface area contributed by atoms with Crippen LogP contribution in [0.5, 0.6) is 0 Å². The van der Waals surface area contributed by atoms with E-state index in [0.717, 1.165) is 16.8 Å². The van der Waals surface area contributed by atoms with Gasteiger partial charge in [-0.25, -0.2) is 21.5 Å². The standard InChI is InChI=1S/C20H16N4O7S2.Ca/c1-12-18(20(25)24(23-12)14-6-4-7-15(11-14)32(26,27)28)22-21-17-10-9-13-5-2-3-8-16(13)19(17)33(29,30)31;/h2-11,23H,1H3,(H,26,27,28)(H,29,30,31);/q;+2/p-2. The van der Waals surface area contributed by atoms with Crippen molar-refractivity contribution in [3.63, 3.8) is 0 Å². The summed E-state index contributed by atoms with van der Waals surface area (Å²) in [6, 6.07) is 14.0. The molecule has 0 aliphatic rings. The molecule has 34 heavy (non-hydrogen) atoms. The molecule has 11 nitrogen and oxygen atoms in total.